The summed E-state index contributed by atoms with van der Waals surface area (Å²) in [6.07, 6.45) is 3.42. The van der Waals surface area contributed by atoms with Gasteiger partial charge in [0.05, 0.1) is 23.4 Å². The molecule has 0 saturated heterocycles. The van der Waals surface area contributed by atoms with Crippen molar-refractivity contribution in [3.05, 3.63) is 58.6 Å². The number of allylic oxidation sites excluding steroid dienone is 4. The average Bonchev–Trinajstić information content (AvgIpc) is 2.62. The van der Waals surface area contributed by atoms with E-state index in [1.165, 1.54) is 6.07 Å². The summed E-state index contributed by atoms with van der Waals surface area (Å²) in [7, 11) is 0. The lowest BCUT2D eigenvalue weighted by Crippen LogP contribution is -2.43. The van der Waals surface area contributed by atoms with Gasteiger partial charge in [-0.15, -0.1) is 0 Å². The predicted octanol–water partition coefficient (Wildman–Crippen LogP) is 3.67. The van der Waals surface area contributed by atoms with Gasteiger partial charge in [0.1, 0.15) is 11.9 Å². The van der Waals surface area contributed by atoms with E-state index in [1.807, 2.05) is 18.2 Å². The highest BCUT2D eigenvalue weighted by molar-refractivity contribution is 5.59. The number of halogens is 1. The van der Waals surface area contributed by atoms with Crippen LogP contribution in [-0.4, -0.2) is 0 Å². The van der Waals surface area contributed by atoms with E-state index in [1.54, 1.807) is 18.2 Å². The fourth-order valence-electron chi connectivity index (χ4n) is 4.15. The van der Waals surface area contributed by atoms with E-state index in [0.717, 1.165) is 12.0 Å². The Bertz CT molecular complexity index is 893. The molecule has 0 aliphatic heterocycles. The van der Waals surface area contributed by atoms with Crippen molar-refractivity contribution in [1.82, 2.24) is 0 Å². The van der Waals surface area contributed by atoms with Crippen molar-refractivity contribution in [2.24, 2.45) is 23.0 Å². The lowest BCUT2D eigenvalue weighted by molar-refractivity contribution is 0.278. The molecule has 0 saturated carbocycles. The SMILES string of the molecule is C[C@@H]1CC=C2C(C#N)=C(N)C(C#N)(C#N)[C@@H](c3ccccc3F)[C@H]2C1. The summed E-state index contributed by atoms with van der Waals surface area (Å²) in [5.41, 5.74) is 5.58. The van der Waals surface area contributed by atoms with Crippen molar-refractivity contribution in [2.75, 3.05) is 0 Å². The lowest BCUT2D eigenvalue weighted by Gasteiger charge is -2.44. The summed E-state index contributed by atoms with van der Waals surface area (Å²) in [6.45, 7) is 2.07. The van der Waals surface area contributed by atoms with Crippen LogP contribution in [0.4, 0.5) is 4.39 Å². The molecular weight excluding hydrogens is 315 g/mol. The molecule has 3 rings (SSSR count). The summed E-state index contributed by atoms with van der Waals surface area (Å²) in [5.74, 6) is -1.18. The molecule has 0 aromatic heterocycles. The predicted molar refractivity (Wildman–Crippen MR) is 89.6 cm³/mol. The van der Waals surface area contributed by atoms with E-state index in [-0.39, 0.29) is 17.2 Å². The molecule has 5 heteroatoms. The highest BCUT2D eigenvalue weighted by Gasteiger charge is 2.54. The topological polar surface area (TPSA) is 97.4 Å². The first-order chi connectivity index (χ1) is 12.0. The van der Waals surface area contributed by atoms with Crippen molar-refractivity contribution in [2.45, 2.75) is 25.7 Å². The van der Waals surface area contributed by atoms with Gasteiger partial charge >= 0.3 is 0 Å². The second kappa shape index (κ2) is 6.08. The first-order valence-electron chi connectivity index (χ1n) is 8.17. The van der Waals surface area contributed by atoms with E-state index in [9.17, 15) is 20.2 Å². The Morgan fingerprint density at radius 1 is 1.20 bits per heavy atom. The quantitative estimate of drug-likeness (QED) is 0.848. The first-order valence-corrected chi connectivity index (χ1v) is 8.17. The van der Waals surface area contributed by atoms with Crippen LogP contribution in [0.2, 0.25) is 0 Å². The Labute approximate surface area is 146 Å². The molecule has 124 valence electrons. The molecule has 2 aliphatic rings. The minimum atomic E-state index is -1.76. The Hall–Kier alpha value is -3.10. The van der Waals surface area contributed by atoms with Crippen LogP contribution in [0.25, 0.3) is 0 Å². The van der Waals surface area contributed by atoms with Crippen molar-refractivity contribution >= 4 is 0 Å². The standard InChI is InChI=1S/C20H17FN4/c1-12-6-7-13-15(8-12)18(14-4-2-3-5-17(14)21)20(10-23,11-24)19(25)16(13)9-22/h2-5,7,12,15,18H,6,8,25H2,1H3/t12-,15+,18+/m1/s1. The van der Waals surface area contributed by atoms with Gasteiger partial charge in [0.2, 0.25) is 0 Å². The summed E-state index contributed by atoms with van der Waals surface area (Å²) in [6, 6.07) is 12.3. The van der Waals surface area contributed by atoms with Gasteiger partial charge in [-0.05, 0) is 41.9 Å². The molecule has 2 aliphatic carbocycles. The second-order valence-corrected chi connectivity index (χ2v) is 6.77. The van der Waals surface area contributed by atoms with E-state index < -0.39 is 17.2 Å². The molecule has 25 heavy (non-hydrogen) atoms. The molecule has 0 spiro atoms. The maximum atomic E-state index is 14.6. The second-order valence-electron chi connectivity index (χ2n) is 6.77. The van der Waals surface area contributed by atoms with Crippen LogP contribution in [-0.2, 0) is 0 Å². The third kappa shape index (κ3) is 2.31. The van der Waals surface area contributed by atoms with Gasteiger partial charge in [-0.3, -0.25) is 0 Å². The molecular formula is C20H17FN4. The Morgan fingerprint density at radius 2 is 1.88 bits per heavy atom. The zero-order valence-corrected chi connectivity index (χ0v) is 13.8. The van der Waals surface area contributed by atoms with Crippen molar-refractivity contribution < 1.29 is 4.39 Å². The van der Waals surface area contributed by atoms with Crippen LogP contribution < -0.4 is 5.73 Å². The van der Waals surface area contributed by atoms with Gasteiger partial charge in [-0.25, -0.2) is 4.39 Å². The molecule has 1 aromatic rings. The third-order valence-electron chi connectivity index (χ3n) is 5.35. The molecule has 0 unspecified atom stereocenters. The molecule has 0 radical (unpaired) electrons. The van der Waals surface area contributed by atoms with Gasteiger partial charge in [0.15, 0.2) is 5.41 Å². The lowest BCUT2D eigenvalue weighted by atomic mass is 9.56. The number of benzene rings is 1. The van der Waals surface area contributed by atoms with E-state index in [0.29, 0.717) is 17.9 Å². The van der Waals surface area contributed by atoms with Gasteiger partial charge in [0.25, 0.3) is 0 Å². The number of nitriles is 3. The molecule has 3 atom stereocenters. The van der Waals surface area contributed by atoms with Gasteiger partial charge in [-0.2, -0.15) is 15.8 Å². The van der Waals surface area contributed by atoms with E-state index in [4.69, 9.17) is 5.73 Å². The number of nitrogens with zero attached hydrogens (tertiary/aromatic N) is 3. The highest BCUT2D eigenvalue weighted by Crippen LogP contribution is 2.56. The van der Waals surface area contributed by atoms with Crippen LogP contribution in [0.5, 0.6) is 0 Å². The van der Waals surface area contributed by atoms with Gasteiger partial charge in [-0.1, -0.05) is 31.2 Å². The number of fused-ring (bicyclic) bond motifs is 1. The van der Waals surface area contributed by atoms with E-state index >= 15 is 0 Å². The van der Waals surface area contributed by atoms with Crippen LogP contribution >= 0.6 is 0 Å². The maximum Gasteiger partial charge on any atom is 0.191 e. The minimum Gasteiger partial charge on any atom is -0.399 e. The van der Waals surface area contributed by atoms with Gasteiger partial charge in [0, 0.05) is 5.92 Å². The normalized spacial score (nSPS) is 27.3. The summed E-state index contributed by atoms with van der Waals surface area (Å²) in [5, 5.41) is 29.3. The fourth-order valence-corrected chi connectivity index (χ4v) is 4.15. The Kier molecular flexibility index (Phi) is 4.07. The number of hydrogen-bond donors (Lipinski definition) is 1. The zero-order valence-electron chi connectivity index (χ0n) is 13.8. The molecule has 0 bridgehead atoms. The summed E-state index contributed by atoms with van der Waals surface area (Å²) >= 11 is 0. The molecule has 0 amide bonds. The zero-order chi connectivity index (χ0) is 18.2. The molecule has 1 aromatic carbocycles. The average molecular weight is 332 g/mol. The van der Waals surface area contributed by atoms with Crippen LogP contribution in [0.1, 0.15) is 31.2 Å². The maximum absolute atomic E-state index is 14.6. The van der Waals surface area contributed by atoms with Gasteiger partial charge < -0.3 is 5.73 Å². The largest absolute Gasteiger partial charge is 0.399 e. The Balaban J connectivity index is 2.37. The monoisotopic (exact) mass is 332 g/mol. The smallest absolute Gasteiger partial charge is 0.191 e. The van der Waals surface area contributed by atoms with E-state index in [2.05, 4.69) is 13.0 Å². The Morgan fingerprint density at radius 3 is 2.48 bits per heavy atom. The minimum absolute atomic E-state index is 0.0645. The summed E-state index contributed by atoms with van der Waals surface area (Å²) in [4.78, 5) is 0. The number of nitrogens with two attached hydrogens (primary N) is 1. The first kappa shape index (κ1) is 16.7. The summed E-state index contributed by atoms with van der Waals surface area (Å²) < 4.78 is 14.6. The molecule has 0 heterocycles. The highest BCUT2D eigenvalue weighted by atomic mass is 19.1. The molecule has 0 fully saturated rings. The third-order valence-corrected chi connectivity index (χ3v) is 5.35. The molecule has 4 nitrogen and oxygen atoms in total. The van der Waals surface area contributed by atoms with Crippen molar-refractivity contribution in [3.63, 3.8) is 0 Å². The number of rotatable bonds is 1. The van der Waals surface area contributed by atoms with Crippen LogP contribution in [0.15, 0.2) is 47.2 Å². The van der Waals surface area contributed by atoms with Crippen LogP contribution in [0, 0.1) is 57.1 Å². The molecule has 2 N–H and O–H groups in total. The van der Waals surface area contributed by atoms with Crippen molar-refractivity contribution in [1.29, 1.82) is 15.8 Å². The van der Waals surface area contributed by atoms with Crippen LogP contribution in [0.3, 0.4) is 0 Å². The number of hydrogen-bond acceptors (Lipinski definition) is 4. The fraction of sp³-hybridized carbons (Fsp3) is 0.350. The van der Waals surface area contributed by atoms with Crippen molar-refractivity contribution in [3.8, 4) is 18.2 Å².